The van der Waals surface area contributed by atoms with E-state index < -0.39 is 16.2 Å². The molecule has 2 aromatic carbocycles. The number of nitrogens with two attached hydrogens (primary N) is 1. The van der Waals surface area contributed by atoms with E-state index in [1.807, 2.05) is 19.1 Å². The number of ether oxygens (including phenoxy) is 1. The van der Waals surface area contributed by atoms with E-state index in [0.717, 1.165) is 29.5 Å². The Morgan fingerprint density at radius 3 is 2.52 bits per heavy atom. The Morgan fingerprint density at radius 1 is 1.09 bits per heavy atom. The van der Waals surface area contributed by atoms with Crippen molar-refractivity contribution in [3.8, 4) is 17.1 Å². The first-order chi connectivity index (χ1) is 15.7. The van der Waals surface area contributed by atoms with Gasteiger partial charge in [-0.1, -0.05) is 23.8 Å². The summed E-state index contributed by atoms with van der Waals surface area (Å²) in [6, 6.07) is 11.9. The highest BCUT2D eigenvalue weighted by Gasteiger charge is 2.26. The number of nitrogens with zero attached hydrogens (tertiary/aromatic N) is 3. The largest absolute Gasteiger partial charge is 0.452 e. The fraction of sp³-hybridized carbons (Fsp3) is 0.261. The molecule has 0 aliphatic heterocycles. The number of carbonyl (C=O) groups excluding carboxylic acids is 1. The SMILES string of the molecule is COC(=O)N(C)c1ccc2c(c1)-c1nc(N)nc(OS(=O)(=O)c3ccc(C)cc3)c1CCC2. The molecule has 0 saturated heterocycles. The number of fused-ring (bicyclic) bond motifs is 3. The number of amides is 1. The van der Waals surface area contributed by atoms with Gasteiger partial charge in [-0.05, 0) is 56.0 Å². The minimum absolute atomic E-state index is 0.0232. The number of aromatic nitrogens is 2. The zero-order valence-electron chi connectivity index (χ0n) is 18.5. The molecular formula is C23H24N4O5S. The van der Waals surface area contributed by atoms with Crippen molar-refractivity contribution in [2.75, 3.05) is 24.8 Å². The lowest BCUT2D eigenvalue weighted by atomic mass is 10.0. The maximum atomic E-state index is 12.9. The lowest BCUT2D eigenvalue weighted by molar-refractivity contribution is 0.180. The van der Waals surface area contributed by atoms with E-state index in [-0.39, 0.29) is 16.7 Å². The Kier molecular flexibility index (Phi) is 5.94. The highest BCUT2D eigenvalue weighted by atomic mass is 32.2. The smallest absolute Gasteiger partial charge is 0.413 e. The number of methoxy groups -OCH3 is 1. The number of hydrogen-bond acceptors (Lipinski definition) is 8. The van der Waals surface area contributed by atoms with Gasteiger partial charge in [0, 0.05) is 23.9 Å². The molecule has 0 bridgehead atoms. The fourth-order valence-electron chi connectivity index (χ4n) is 3.76. The van der Waals surface area contributed by atoms with E-state index >= 15 is 0 Å². The van der Waals surface area contributed by atoms with E-state index in [2.05, 4.69) is 9.97 Å². The summed E-state index contributed by atoms with van der Waals surface area (Å²) in [6.07, 6.45) is 1.46. The Labute approximate surface area is 192 Å². The molecule has 1 aromatic heterocycles. The van der Waals surface area contributed by atoms with Crippen molar-refractivity contribution in [3.05, 3.63) is 59.2 Å². The molecular weight excluding hydrogens is 444 g/mol. The van der Waals surface area contributed by atoms with Crippen LogP contribution in [0.1, 0.15) is 23.1 Å². The van der Waals surface area contributed by atoms with Crippen LogP contribution in [-0.4, -0.2) is 38.6 Å². The third-order valence-electron chi connectivity index (χ3n) is 5.54. The van der Waals surface area contributed by atoms with Crippen molar-refractivity contribution in [2.24, 2.45) is 0 Å². The number of nitrogen functional groups attached to an aromatic ring is 1. The molecule has 1 amide bonds. The zero-order chi connectivity index (χ0) is 23.8. The van der Waals surface area contributed by atoms with Gasteiger partial charge in [-0.3, -0.25) is 4.90 Å². The van der Waals surface area contributed by atoms with E-state index in [1.165, 1.54) is 24.1 Å². The van der Waals surface area contributed by atoms with E-state index in [1.54, 1.807) is 25.2 Å². The van der Waals surface area contributed by atoms with Crippen molar-refractivity contribution >= 4 is 27.8 Å². The van der Waals surface area contributed by atoms with E-state index in [9.17, 15) is 13.2 Å². The maximum Gasteiger partial charge on any atom is 0.413 e. The Morgan fingerprint density at radius 2 is 1.82 bits per heavy atom. The van der Waals surface area contributed by atoms with E-state index in [0.29, 0.717) is 23.4 Å². The third kappa shape index (κ3) is 4.47. The van der Waals surface area contributed by atoms with Crippen LogP contribution in [0.15, 0.2) is 47.4 Å². The number of aryl methyl sites for hydroxylation is 2. The minimum atomic E-state index is -4.12. The van der Waals surface area contributed by atoms with Crippen LogP contribution in [0.2, 0.25) is 0 Å². The summed E-state index contributed by atoms with van der Waals surface area (Å²) in [5, 5.41) is 0. The summed E-state index contributed by atoms with van der Waals surface area (Å²) in [5.41, 5.74) is 10.3. The number of hydrogen-bond donors (Lipinski definition) is 1. The summed E-state index contributed by atoms with van der Waals surface area (Å²) in [6.45, 7) is 1.87. The second-order valence-corrected chi connectivity index (χ2v) is 9.33. The standard InChI is InChI=1S/C23H24N4O5S/c1-14-7-11-17(12-8-14)33(29,30)32-21-18-6-4-5-15-9-10-16(27(2)23(28)31-3)13-19(15)20(18)25-22(24)26-21/h7-13H,4-6H2,1-3H3,(H2,24,25,26). The second kappa shape index (κ2) is 8.70. The lowest BCUT2D eigenvalue weighted by Gasteiger charge is -2.18. The highest BCUT2D eigenvalue weighted by Crippen LogP contribution is 2.38. The van der Waals surface area contributed by atoms with Crippen LogP contribution in [0.5, 0.6) is 5.88 Å². The Balaban J connectivity index is 1.81. The number of rotatable bonds is 4. The molecule has 0 saturated carbocycles. The molecule has 10 heteroatoms. The first-order valence-electron chi connectivity index (χ1n) is 10.3. The first kappa shape index (κ1) is 22.5. The van der Waals surface area contributed by atoms with Crippen molar-refractivity contribution in [3.63, 3.8) is 0 Å². The molecule has 33 heavy (non-hydrogen) atoms. The zero-order valence-corrected chi connectivity index (χ0v) is 19.3. The average Bonchev–Trinajstić information content (AvgIpc) is 2.97. The molecule has 0 fully saturated rings. The quantitative estimate of drug-likeness (QED) is 0.577. The normalized spacial score (nSPS) is 12.8. The van der Waals surface area contributed by atoms with Crippen LogP contribution < -0.4 is 14.8 Å². The van der Waals surface area contributed by atoms with Crippen LogP contribution in [-0.2, 0) is 27.7 Å². The Hall–Kier alpha value is -3.66. The van der Waals surface area contributed by atoms with Gasteiger partial charge in [0.1, 0.15) is 4.90 Å². The van der Waals surface area contributed by atoms with Crippen molar-refractivity contribution in [1.29, 1.82) is 0 Å². The van der Waals surface area contributed by atoms with Crippen LogP contribution in [0, 0.1) is 6.92 Å². The van der Waals surface area contributed by atoms with Gasteiger partial charge in [-0.2, -0.15) is 13.4 Å². The third-order valence-corrected chi connectivity index (χ3v) is 6.77. The summed E-state index contributed by atoms with van der Waals surface area (Å²) < 4.78 is 36.1. The molecule has 4 rings (SSSR count). The fourth-order valence-corrected chi connectivity index (χ4v) is 4.67. The predicted octanol–water partition coefficient (Wildman–Crippen LogP) is 3.49. The van der Waals surface area contributed by atoms with Crippen molar-refractivity contribution in [1.82, 2.24) is 9.97 Å². The molecule has 172 valence electrons. The lowest BCUT2D eigenvalue weighted by Crippen LogP contribution is -2.25. The van der Waals surface area contributed by atoms with Crippen LogP contribution in [0.3, 0.4) is 0 Å². The molecule has 1 heterocycles. The molecule has 1 aliphatic rings. The number of anilines is 2. The van der Waals surface area contributed by atoms with Crippen molar-refractivity contribution in [2.45, 2.75) is 31.1 Å². The van der Waals surface area contributed by atoms with Crippen LogP contribution in [0.25, 0.3) is 11.3 Å². The average molecular weight is 469 g/mol. The second-order valence-electron chi connectivity index (χ2n) is 7.79. The minimum Gasteiger partial charge on any atom is -0.452 e. The molecule has 0 atom stereocenters. The Bertz CT molecular complexity index is 1320. The van der Waals surface area contributed by atoms with Gasteiger partial charge in [0.05, 0.1) is 12.8 Å². The van der Waals surface area contributed by atoms with Crippen LogP contribution >= 0.6 is 0 Å². The molecule has 0 unspecified atom stereocenters. The van der Waals surface area contributed by atoms with Gasteiger partial charge in [0.25, 0.3) is 0 Å². The van der Waals surface area contributed by atoms with Gasteiger partial charge in [-0.25, -0.2) is 9.78 Å². The van der Waals surface area contributed by atoms with Gasteiger partial charge < -0.3 is 14.7 Å². The molecule has 9 nitrogen and oxygen atoms in total. The summed E-state index contributed by atoms with van der Waals surface area (Å²) >= 11 is 0. The van der Waals surface area contributed by atoms with Gasteiger partial charge in [0.15, 0.2) is 0 Å². The molecule has 3 aromatic rings. The topological polar surface area (TPSA) is 125 Å². The van der Waals surface area contributed by atoms with Crippen LogP contribution in [0.4, 0.5) is 16.4 Å². The summed E-state index contributed by atoms with van der Waals surface area (Å²) in [7, 11) is -1.21. The van der Waals surface area contributed by atoms with Crippen molar-refractivity contribution < 1.29 is 22.1 Å². The predicted molar refractivity (Wildman–Crippen MR) is 124 cm³/mol. The molecule has 2 N–H and O–H groups in total. The number of benzene rings is 2. The van der Waals surface area contributed by atoms with Gasteiger partial charge >= 0.3 is 16.2 Å². The van der Waals surface area contributed by atoms with E-state index in [4.69, 9.17) is 14.7 Å². The molecule has 1 aliphatic carbocycles. The van der Waals surface area contributed by atoms with Gasteiger partial charge in [0.2, 0.25) is 11.8 Å². The maximum absolute atomic E-state index is 12.9. The first-order valence-corrected chi connectivity index (χ1v) is 11.7. The van der Waals surface area contributed by atoms with Gasteiger partial charge in [-0.15, -0.1) is 0 Å². The molecule has 0 spiro atoms. The monoisotopic (exact) mass is 468 g/mol. The summed E-state index contributed by atoms with van der Waals surface area (Å²) in [4.78, 5) is 21.9. The molecule has 0 radical (unpaired) electrons. The highest BCUT2D eigenvalue weighted by molar-refractivity contribution is 7.87. The number of carbonyl (C=O) groups is 1. The summed E-state index contributed by atoms with van der Waals surface area (Å²) in [5.74, 6) is -0.194.